The van der Waals surface area contributed by atoms with E-state index in [0.29, 0.717) is 22.9 Å². The molecule has 0 bridgehead atoms. The van der Waals surface area contributed by atoms with Crippen molar-refractivity contribution >= 4 is 57.1 Å². The van der Waals surface area contributed by atoms with Gasteiger partial charge in [0, 0.05) is 16.3 Å². The Bertz CT molecular complexity index is 1490. The molecule has 0 atom stereocenters. The van der Waals surface area contributed by atoms with Gasteiger partial charge < -0.3 is 10.1 Å². The number of thiophene rings is 1. The van der Waals surface area contributed by atoms with Crippen LogP contribution in [-0.4, -0.2) is 28.4 Å². The van der Waals surface area contributed by atoms with Crippen molar-refractivity contribution in [1.29, 1.82) is 0 Å². The van der Waals surface area contributed by atoms with E-state index in [1.807, 2.05) is 41.8 Å². The van der Waals surface area contributed by atoms with E-state index in [4.69, 9.17) is 9.72 Å². The molecule has 4 aromatic rings. The number of carbonyl (C=O) groups excluding carboxylic acids is 2. The third kappa shape index (κ3) is 4.53. The van der Waals surface area contributed by atoms with Gasteiger partial charge in [0.2, 0.25) is 0 Å². The maximum Gasteiger partial charge on any atom is 0.339 e. The number of pyridine rings is 1. The zero-order chi connectivity index (χ0) is 24.4. The van der Waals surface area contributed by atoms with Crippen LogP contribution in [0.3, 0.4) is 0 Å². The lowest BCUT2D eigenvalue weighted by Gasteiger charge is -2.12. The number of fused-ring (bicyclic) bond motifs is 2. The minimum absolute atomic E-state index is 0.0390. The number of nitro groups is 1. The fourth-order valence-corrected chi connectivity index (χ4v) is 4.87. The normalized spacial score (nSPS) is 13.5. The molecule has 35 heavy (non-hydrogen) atoms. The Hall–Kier alpha value is -4.37. The lowest BCUT2D eigenvalue weighted by molar-refractivity contribution is -0.383. The third-order valence-electron chi connectivity index (χ3n) is 5.71. The summed E-state index contributed by atoms with van der Waals surface area (Å²) in [6, 6.07) is 17.1. The molecular formula is C26H19N3O5S. The van der Waals surface area contributed by atoms with Crippen molar-refractivity contribution in [2.75, 3.05) is 11.9 Å². The number of carbonyl (C=O) groups is 2. The van der Waals surface area contributed by atoms with E-state index in [2.05, 4.69) is 11.4 Å². The van der Waals surface area contributed by atoms with Gasteiger partial charge in [-0.3, -0.25) is 14.9 Å². The minimum atomic E-state index is -0.666. The van der Waals surface area contributed by atoms with Crippen LogP contribution in [0.2, 0.25) is 0 Å². The van der Waals surface area contributed by atoms with Crippen LogP contribution >= 0.6 is 11.3 Å². The highest BCUT2D eigenvalue weighted by atomic mass is 32.1. The van der Waals surface area contributed by atoms with Crippen molar-refractivity contribution < 1.29 is 19.2 Å². The van der Waals surface area contributed by atoms with E-state index in [-0.39, 0.29) is 11.4 Å². The largest absolute Gasteiger partial charge is 0.452 e. The van der Waals surface area contributed by atoms with Crippen LogP contribution in [0.4, 0.5) is 11.4 Å². The maximum atomic E-state index is 13.2. The number of esters is 1. The molecule has 9 heteroatoms. The summed E-state index contributed by atoms with van der Waals surface area (Å²) < 4.78 is 5.37. The number of allylic oxidation sites excluding steroid dienone is 1. The molecule has 1 aliphatic carbocycles. The molecule has 2 aromatic carbocycles. The molecule has 0 aliphatic heterocycles. The predicted octanol–water partition coefficient (Wildman–Crippen LogP) is 5.49. The molecule has 174 valence electrons. The molecule has 0 radical (unpaired) electrons. The number of nitrogens with zero attached hydrogens (tertiary/aromatic N) is 2. The van der Waals surface area contributed by atoms with Crippen molar-refractivity contribution in [2.45, 2.75) is 12.8 Å². The average molecular weight is 486 g/mol. The van der Waals surface area contributed by atoms with Crippen LogP contribution in [0.25, 0.3) is 22.6 Å². The van der Waals surface area contributed by atoms with Gasteiger partial charge in [0.1, 0.15) is 5.69 Å². The van der Waals surface area contributed by atoms with E-state index in [1.54, 1.807) is 17.4 Å². The summed E-state index contributed by atoms with van der Waals surface area (Å²) in [5.41, 5.74) is 3.49. The average Bonchev–Trinajstić information content (AvgIpc) is 3.52. The summed E-state index contributed by atoms with van der Waals surface area (Å²) in [4.78, 5) is 42.2. The van der Waals surface area contributed by atoms with Crippen LogP contribution in [0.15, 0.2) is 66.0 Å². The van der Waals surface area contributed by atoms with E-state index in [1.165, 1.54) is 18.2 Å². The number of amides is 1. The maximum absolute atomic E-state index is 13.2. The molecule has 8 nitrogen and oxygen atoms in total. The van der Waals surface area contributed by atoms with Gasteiger partial charge >= 0.3 is 5.97 Å². The number of ether oxygens (including phenoxy) is 1. The summed E-state index contributed by atoms with van der Waals surface area (Å²) in [7, 11) is 0. The molecule has 0 fully saturated rings. The predicted molar refractivity (Wildman–Crippen MR) is 134 cm³/mol. The Balaban J connectivity index is 1.41. The topological polar surface area (TPSA) is 111 Å². The number of hydrogen-bond donors (Lipinski definition) is 1. The van der Waals surface area contributed by atoms with Gasteiger partial charge in [-0.2, -0.15) is 0 Å². The molecule has 5 rings (SSSR count). The van der Waals surface area contributed by atoms with Crippen molar-refractivity contribution in [3.8, 4) is 0 Å². The number of nitrogens with one attached hydrogen (secondary N) is 1. The van der Waals surface area contributed by atoms with Crippen molar-refractivity contribution in [3.63, 3.8) is 0 Å². The Labute approximate surface area is 204 Å². The fraction of sp³-hybridized carbons (Fsp3) is 0.115. The minimum Gasteiger partial charge on any atom is -0.452 e. The molecule has 0 spiro atoms. The Kier molecular flexibility index (Phi) is 6.07. The van der Waals surface area contributed by atoms with E-state index in [0.717, 1.165) is 28.1 Å². The fourth-order valence-electron chi connectivity index (χ4n) is 4.19. The van der Waals surface area contributed by atoms with Gasteiger partial charge in [-0.15, -0.1) is 11.3 Å². The highest BCUT2D eigenvalue weighted by molar-refractivity contribution is 7.10. The number of aromatic nitrogens is 1. The lowest BCUT2D eigenvalue weighted by atomic mass is 10.0. The molecule has 2 aromatic heterocycles. The second kappa shape index (κ2) is 9.47. The standard InChI is InChI=1S/C26H19N3O5S/c30-23(27-21-9-3-4-10-22(21)29(32)33)15-34-26(31)24-18-7-1-2-8-20(18)28-25-16(11-12-19(24)25)14-17-6-5-13-35-17/h1-10,13-14H,11-12,15H2,(H,27,30). The van der Waals surface area contributed by atoms with E-state index < -0.39 is 23.4 Å². The Morgan fingerprint density at radius 3 is 2.69 bits per heavy atom. The van der Waals surface area contributed by atoms with Crippen LogP contribution in [0.1, 0.15) is 32.9 Å². The number of nitro benzene ring substituents is 1. The summed E-state index contributed by atoms with van der Waals surface area (Å²) in [6.07, 6.45) is 3.47. The van der Waals surface area contributed by atoms with Crippen molar-refractivity contribution in [2.24, 2.45) is 0 Å². The number of para-hydroxylation sites is 3. The summed E-state index contributed by atoms with van der Waals surface area (Å²) >= 11 is 1.63. The molecule has 0 saturated heterocycles. The first kappa shape index (κ1) is 22.4. The van der Waals surface area contributed by atoms with Crippen LogP contribution in [0.5, 0.6) is 0 Å². The number of anilines is 1. The first-order chi connectivity index (χ1) is 17.0. The number of rotatable bonds is 6. The highest BCUT2D eigenvalue weighted by Crippen LogP contribution is 2.38. The quantitative estimate of drug-likeness (QED) is 0.220. The van der Waals surface area contributed by atoms with Gasteiger partial charge in [0.15, 0.2) is 6.61 Å². The lowest BCUT2D eigenvalue weighted by Crippen LogP contribution is -2.22. The molecule has 1 aliphatic rings. The van der Waals surface area contributed by atoms with E-state index >= 15 is 0 Å². The molecule has 1 N–H and O–H groups in total. The second-order valence-electron chi connectivity index (χ2n) is 7.91. The Morgan fingerprint density at radius 2 is 1.89 bits per heavy atom. The second-order valence-corrected chi connectivity index (χ2v) is 8.89. The van der Waals surface area contributed by atoms with Gasteiger partial charge in [0.05, 0.1) is 21.7 Å². The van der Waals surface area contributed by atoms with Crippen molar-refractivity contribution in [1.82, 2.24) is 4.98 Å². The molecular weight excluding hydrogens is 466 g/mol. The molecule has 0 saturated carbocycles. The zero-order valence-corrected chi connectivity index (χ0v) is 19.2. The van der Waals surface area contributed by atoms with E-state index in [9.17, 15) is 19.7 Å². The van der Waals surface area contributed by atoms with Crippen LogP contribution < -0.4 is 5.32 Å². The molecule has 2 heterocycles. The first-order valence-corrected chi connectivity index (χ1v) is 11.8. The number of benzene rings is 2. The highest BCUT2D eigenvalue weighted by Gasteiger charge is 2.28. The smallest absolute Gasteiger partial charge is 0.339 e. The van der Waals surface area contributed by atoms with Crippen LogP contribution in [0, 0.1) is 10.1 Å². The van der Waals surface area contributed by atoms with Crippen molar-refractivity contribution in [3.05, 3.63) is 97.9 Å². The molecule has 1 amide bonds. The summed E-state index contributed by atoms with van der Waals surface area (Å²) in [5.74, 6) is -1.30. The van der Waals surface area contributed by atoms with Crippen LogP contribution in [-0.2, 0) is 16.0 Å². The van der Waals surface area contributed by atoms with Gasteiger partial charge in [-0.1, -0.05) is 36.4 Å². The molecule has 0 unspecified atom stereocenters. The number of hydrogen-bond acceptors (Lipinski definition) is 7. The first-order valence-electron chi connectivity index (χ1n) is 10.9. The monoisotopic (exact) mass is 485 g/mol. The van der Waals surface area contributed by atoms with Gasteiger partial charge in [0.25, 0.3) is 11.6 Å². The SMILES string of the molecule is O=C(COC(=O)c1c2c(nc3ccccc13)C(=Cc1cccs1)CC2)Nc1ccccc1[N+](=O)[O-]. The third-order valence-corrected chi connectivity index (χ3v) is 6.53. The van der Waals surface area contributed by atoms with Gasteiger partial charge in [-0.05, 0) is 53.6 Å². The summed E-state index contributed by atoms with van der Waals surface area (Å²) in [6.45, 7) is -0.575. The van der Waals surface area contributed by atoms with Gasteiger partial charge in [-0.25, -0.2) is 9.78 Å². The summed E-state index contributed by atoms with van der Waals surface area (Å²) in [5, 5.41) is 16.3. The zero-order valence-electron chi connectivity index (χ0n) is 18.4. The Morgan fingerprint density at radius 1 is 1.09 bits per heavy atom.